The number of fused-ring (bicyclic) bond motifs is 5. The van der Waals surface area contributed by atoms with E-state index < -0.39 is 133 Å². The second-order valence-corrected chi connectivity index (χ2v) is 22.4. The van der Waals surface area contributed by atoms with Gasteiger partial charge in [0.2, 0.25) is 0 Å². The predicted molar refractivity (Wildman–Crippen MR) is 229 cm³/mol. The summed E-state index contributed by atoms with van der Waals surface area (Å²) in [5.74, 6) is -0.664. The third-order valence-electron chi connectivity index (χ3n) is 18.4. The fraction of sp³-hybridized carbons (Fsp3) is 0.957. The molecule has 0 spiro atoms. The predicted octanol–water partition coefficient (Wildman–Crippen LogP) is -0.415. The van der Waals surface area contributed by atoms with Crippen LogP contribution in [0.5, 0.6) is 0 Å². The van der Waals surface area contributed by atoms with Gasteiger partial charge in [0, 0.05) is 12.0 Å². The van der Waals surface area contributed by atoms with Gasteiger partial charge in [-0.15, -0.1) is 0 Å². The van der Waals surface area contributed by atoms with Gasteiger partial charge in [-0.2, -0.15) is 0 Å². The molecule has 376 valence electrons. The first-order valence-corrected chi connectivity index (χ1v) is 24.0. The first-order valence-electron chi connectivity index (χ1n) is 24.0. The Bertz CT molecular complexity index is 1650. The minimum Gasteiger partial charge on any atom is -0.396 e. The highest BCUT2D eigenvalue weighted by Crippen LogP contribution is 2.76. The molecule has 3 aliphatic heterocycles. The average Bonchev–Trinajstić information content (AvgIpc) is 3.65. The molecule has 7 aliphatic rings. The van der Waals surface area contributed by atoms with Gasteiger partial charge in [0.15, 0.2) is 18.9 Å². The Morgan fingerprint density at radius 2 is 1.29 bits per heavy atom. The smallest absolute Gasteiger partial charge is 0.187 e. The molecule has 7 fully saturated rings. The van der Waals surface area contributed by atoms with Crippen molar-refractivity contribution in [2.45, 2.75) is 210 Å². The fourth-order valence-corrected chi connectivity index (χ4v) is 14.5. The number of allylic oxidation sites excluding steroid dienone is 2. The second-order valence-electron chi connectivity index (χ2n) is 22.4. The fourth-order valence-electron chi connectivity index (χ4n) is 14.5. The summed E-state index contributed by atoms with van der Waals surface area (Å²) in [6.45, 7) is 13.4. The highest BCUT2D eigenvalue weighted by molar-refractivity contribution is 5.21. The van der Waals surface area contributed by atoms with E-state index in [1.807, 2.05) is 20.8 Å². The number of rotatable bonds is 13. The summed E-state index contributed by atoms with van der Waals surface area (Å²) in [5.41, 5.74) is -1.85. The summed E-state index contributed by atoms with van der Waals surface area (Å²) in [4.78, 5) is 0. The molecule has 4 aliphatic carbocycles. The summed E-state index contributed by atoms with van der Waals surface area (Å²) in [6, 6.07) is 0. The van der Waals surface area contributed by atoms with Crippen LogP contribution >= 0.6 is 0 Å². The summed E-state index contributed by atoms with van der Waals surface area (Å²) in [6.07, 6.45) is -14.1. The maximum Gasteiger partial charge on any atom is 0.187 e. The van der Waals surface area contributed by atoms with Crippen molar-refractivity contribution in [3.8, 4) is 0 Å². The first kappa shape index (κ1) is 51.9. The van der Waals surface area contributed by atoms with Crippen LogP contribution in [-0.4, -0.2) is 192 Å². The van der Waals surface area contributed by atoms with Crippen LogP contribution < -0.4 is 0 Å². The van der Waals surface area contributed by atoms with Gasteiger partial charge in [0.25, 0.3) is 0 Å². The van der Waals surface area contributed by atoms with E-state index in [4.69, 9.17) is 28.4 Å². The molecule has 0 aromatic heterocycles. The Balaban J connectivity index is 1.12. The molecule has 0 bridgehead atoms. The molecule has 12 N–H and O–H groups in total. The summed E-state index contributed by atoms with van der Waals surface area (Å²) >= 11 is 0. The van der Waals surface area contributed by atoms with Crippen LogP contribution in [0.15, 0.2) is 11.6 Å². The zero-order valence-corrected chi connectivity index (χ0v) is 39.1. The van der Waals surface area contributed by atoms with Crippen molar-refractivity contribution in [3.05, 3.63) is 11.6 Å². The van der Waals surface area contributed by atoms with Gasteiger partial charge in [-0.25, -0.2) is 0 Å². The van der Waals surface area contributed by atoms with Crippen LogP contribution in [0.2, 0.25) is 0 Å². The minimum absolute atomic E-state index is 0.0582. The maximum absolute atomic E-state index is 12.7. The second kappa shape index (κ2) is 19.3. The molecular formula is C47H80O18. The lowest BCUT2D eigenvalue weighted by Crippen LogP contribution is -2.69. The van der Waals surface area contributed by atoms with Gasteiger partial charge in [-0.3, -0.25) is 0 Å². The SMILES string of the molecule is CC(C)=CCCC(C)(OC1OC(COC2OCC(O)C(O)C2O)C(O)C(O)C1O)C1CCC2(C)C1C(O)CC1C3(CO)CCC(OC4OC(CO)C(O)C(O)C4O)C(C)(C)C3CCC12C. The molecule has 3 heterocycles. The Morgan fingerprint density at radius 3 is 1.94 bits per heavy atom. The number of hydrogen-bond donors (Lipinski definition) is 12. The number of hydrogen-bond acceptors (Lipinski definition) is 18. The van der Waals surface area contributed by atoms with Gasteiger partial charge >= 0.3 is 0 Å². The molecule has 18 heteroatoms. The van der Waals surface area contributed by atoms with E-state index in [9.17, 15) is 61.3 Å². The lowest BCUT2D eigenvalue weighted by molar-refractivity contribution is -0.346. The molecule has 7 rings (SSSR count). The Hall–Kier alpha value is -0.980. The largest absolute Gasteiger partial charge is 0.396 e. The zero-order valence-electron chi connectivity index (χ0n) is 39.1. The molecule has 18 nitrogen and oxygen atoms in total. The van der Waals surface area contributed by atoms with Gasteiger partial charge < -0.3 is 89.7 Å². The summed E-state index contributed by atoms with van der Waals surface area (Å²) < 4.78 is 36.4. The van der Waals surface area contributed by atoms with E-state index >= 15 is 0 Å². The minimum atomic E-state index is -1.70. The molecule has 65 heavy (non-hydrogen) atoms. The first-order chi connectivity index (χ1) is 30.4. The highest BCUT2D eigenvalue weighted by Gasteiger charge is 2.73. The van der Waals surface area contributed by atoms with E-state index in [-0.39, 0.29) is 42.3 Å². The van der Waals surface area contributed by atoms with Crippen molar-refractivity contribution >= 4 is 0 Å². The number of aliphatic hydroxyl groups excluding tert-OH is 12. The van der Waals surface area contributed by atoms with Crippen molar-refractivity contribution in [3.63, 3.8) is 0 Å². The standard InChI is InChI=1S/C47H80O18/c1-22(2)9-8-13-46(7,65-42-39(59)36(56)34(54)27(63-42)20-61-40-37(57)32(52)25(51)19-60-40)23-10-14-45(6)31(23)24(50)17-29-44(45,5)15-11-28-43(3,4)30(12-16-47(28,29)21-49)64-41-38(58)35(55)33(53)26(18-48)62-41/h9,23-42,48-59H,8,10-21H2,1-7H3. The van der Waals surface area contributed by atoms with Gasteiger partial charge in [0.05, 0.1) is 37.6 Å². The van der Waals surface area contributed by atoms with Crippen LogP contribution in [-0.2, 0) is 28.4 Å². The quantitative estimate of drug-likeness (QED) is 0.0825. The third-order valence-corrected chi connectivity index (χ3v) is 18.4. The Kier molecular flexibility index (Phi) is 15.4. The van der Waals surface area contributed by atoms with E-state index in [1.165, 1.54) is 0 Å². The number of aliphatic hydroxyl groups is 12. The lowest BCUT2D eigenvalue weighted by Gasteiger charge is -2.71. The zero-order chi connectivity index (χ0) is 47.8. The van der Waals surface area contributed by atoms with Crippen molar-refractivity contribution in [1.82, 2.24) is 0 Å². The van der Waals surface area contributed by atoms with Gasteiger partial charge in [0.1, 0.15) is 67.1 Å². The van der Waals surface area contributed by atoms with Crippen LogP contribution in [0.3, 0.4) is 0 Å². The van der Waals surface area contributed by atoms with Crippen LogP contribution in [0.25, 0.3) is 0 Å². The van der Waals surface area contributed by atoms with E-state index in [0.717, 1.165) is 24.8 Å². The van der Waals surface area contributed by atoms with Crippen molar-refractivity contribution in [2.24, 2.45) is 45.3 Å². The van der Waals surface area contributed by atoms with Gasteiger partial charge in [-0.05, 0) is 118 Å². The van der Waals surface area contributed by atoms with Gasteiger partial charge in [-0.1, -0.05) is 39.3 Å². The van der Waals surface area contributed by atoms with E-state index in [0.29, 0.717) is 38.5 Å². The molecule has 0 aromatic rings. The average molecular weight is 933 g/mol. The normalized spacial score (nSPS) is 51.9. The highest BCUT2D eigenvalue weighted by atomic mass is 16.7. The topological polar surface area (TPSA) is 298 Å². The van der Waals surface area contributed by atoms with Crippen LogP contribution in [0.4, 0.5) is 0 Å². The van der Waals surface area contributed by atoms with Crippen molar-refractivity contribution < 1.29 is 89.7 Å². The number of ether oxygens (including phenoxy) is 6. The molecule has 0 radical (unpaired) electrons. The van der Waals surface area contributed by atoms with E-state index in [2.05, 4.69) is 33.8 Å². The maximum atomic E-state index is 12.7. The molecule has 0 aromatic carbocycles. The Labute approximate surface area is 382 Å². The molecule has 24 unspecified atom stereocenters. The molecular weight excluding hydrogens is 852 g/mol. The molecule has 4 saturated carbocycles. The monoisotopic (exact) mass is 933 g/mol. The van der Waals surface area contributed by atoms with Crippen molar-refractivity contribution in [1.29, 1.82) is 0 Å². The van der Waals surface area contributed by atoms with E-state index in [1.54, 1.807) is 0 Å². The molecule has 3 saturated heterocycles. The third kappa shape index (κ3) is 8.83. The lowest BCUT2D eigenvalue weighted by atomic mass is 9.34. The van der Waals surface area contributed by atoms with Crippen LogP contribution in [0.1, 0.15) is 106 Å². The Morgan fingerprint density at radius 1 is 0.677 bits per heavy atom. The molecule has 0 amide bonds. The summed E-state index contributed by atoms with van der Waals surface area (Å²) in [5, 5.41) is 130. The van der Waals surface area contributed by atoms with Crippen LogP contribution in [0, 0.1) is 45.3 Å². The molecule has 24 atom stereocenters. The van der Waals surface area contributed by atoms with Crippen molar-refractivity contribution in [2.75, 3.05) is 26.4 Å². The summed E-state index contributed by atoms with van der Waals surface area (Å²) in [7, 11) is 0.